The SMILES string of the molecule is O=c1c(-c2cccnc2F)cc(-c2ccccn2)cn1-c1cccnc1. The standard InChI is InChI=1S/C20H13FN4O/c21-19-16(6-4-10-24-19)17-11-14(18-7-1-2-9-23-18)13-25(20(17)26)15-5-3-8-22-12-15/h1-13H. The van der Waals surface area contributed by atoms with E-state index in [9.17, 15) is 9.18 Å². The van der Waals surface area contributed by atoms with Crippen molar-refractivity contribution in [2.75, 3.05) is 0 Å². The fourth-order valence-corrected chi connectivity index (χ4v) is 2.72. The van der Waals surface area contributed by atoms with E-state index >= 15 is 0 Å². The van der Waals surface area contributed by atoms with E-state index < -0.39 is 5.95 Å². The number of halogens is 1. The predicted molar refractivity (Wildman–Crippen MR) is 96.3 cm³/mol. The van der Waals surface area contributed by atoms with Crippen molar-refractivity contribution in [1.82, 2.24) is 19.5 Å². The summed E-state index contributed by atoms with van der Waals surface area (Å²) in [6.45, 7) is 0. The van der Waals surface area contributed by atoms with Crippen LogP contribution in [-0.2, 0) is 0 Å². The Morgan fingerprint density at radius 1 is 0.885 bits per heavy atom. The maximum absolute atomic E-state index is 14.2. The van der Waals surface area contributed by atoms with Crippen molar-refractivity contribution in [1.29, 1.82) is 0 Å². The Kier molecular flexibility index (Phi) is 4.07. The first-order chi connectivity index (χ1) is 12.7. The summed E-state index contributed by atoms with van der Waals surface area (Å²) in [7, 11) is 0. The highest BCUT2D eigenvalue weighted by Crippen LogP contribution is 2.24. The molecule has 0 aliphatic rings. The molecule has 26 heavy (non-hydrogen) atoms. The fraction of sp³-hybridized carbons (Fsp3) is 0. The second kappa shape index (κ2) is 6.68. The number of nitrogens with zero attached hydrogens (tertiary/aromatic N) is 4. The van der Waals surface area contributed by atoms with Crippen LogP contribution in [0.1, 0.15) is 0 Å². The van der Waals surface area contributed by atoms with Gasteiger partial charge in [0, 0.05) is 35.9 Å². The van der Waals surface area contributed by atoms with E-state index in [0.29, 0.717) is 16.9 Å². The molecule has 5 nitrogen and oxygen atoms in total. The van der Waals surface area contributed by atoms with Crippen LogP contribution in [0, 0.1) is 5.95 Å². The molecule has 0 radical (unpaired) electrons. The molecule has 0 bridgehead atoms. The molecule has 6 heteroatoms. The molecule has 0 amide bonds. The lowest BCUT2D eigenvalue weighted by Gasteiger charge is -2.12. The van der Waals surface area contributed by atoms with Gasteiger partial charge in [-0.25, -0.2) is 4.98 Å². The Morgan fingerprint density at radius 3 is 2.46 bits per heavy atom. The number of rotatable bonds is 3. The summed E-state index contributed by atoms with van der Waals surface area (Å²) in [5.41, 5.74) is 1.95. The maximum atomic E-state index is 14.2. The summed E-state index contributed by atoms with van der Waals surface area (Å²) < 4.78 is 15.7. The molecular weight excluding hydrogens is 331 g/mol. The van der Waals surface area contributed by atoms with Crippen molar-refractivity contribution in [2.45, 2.75) is 0 Å². The third-order valence-electron chi connectivity index (χ3n) is 3.95. The van der Waals surface area contributed by atoms with E-state index in [1.807, 2.05) is 18.2 Å². The highest BCUT2D eigenvalue weighted by molar-refractivity contribution is 5.70. The highest BCUT2D eigenvalue weighted by atomic mass is 19.1. The lowest BCUT2D eigenvalue weighted by atomic mass is 10.0. The third-order valence-corrected chi connectivity index (χ3v) is 3.95. The van der Waals surface area contributed by atoms with Crippen molar-refractivity contribution >= 4 is 0 Å². The molecule has 0 N–H and O–H groups in total. The number of aromatic nitrogens is 4. The smallest absolute Gasteiger partial charge is 0.263 e. The summed E-state index contributed by atoms with van der Waals surface area (Å²) in [6, 6.07) is 13.8. The molecule has 0 aliphatic carbocycles. The summed E-state index contributed by atoms with van der Waals surface area (Å²) in [4.78, 5) is 25.1. The Hall–Kier alpha value is -3.67. The first-order valence-electron chi connectivity index (χ1n) is 7.93. The Labute approximate surface area is 148 Å². The molecule has 0 aliphatic heterocycles. The van der Waals surface area contributed by atoms with Gasteiger partial charge in [-0.2, -0.15) is 4.39 Å². The second-order valence-electron chi connectivity index (χ2n) is 5.59. The fourth-order valence-electron chi connectivity index (χ4n) is 2.72. The lowest BCUT2D eigenvalue weighted by Crippen LogP contribution is -2.20. The van der Waals surface area contributed by atoms with Gasteiger partial charge in [-0.15, -0.1) is 0 Å². The van der Waals surface area contributed by atoms with Crippen molar-refractivity contribution in [3.63, 3.8) is 0 Å². The number of pyridine rings is 4. The highest BCUT2D eigenvalue weighted by Gasteiger charge is 2.15. The van der Waals surface area contributed by atoms with Gasteiger partial charge in [-0.05, 0) is 42.5 Å². The van der Waals surface area contributed by atoms with Crippen LogP contribution in [0.2, 0.25) is 0 Å². The van der Waals surface area contributed by atoms with E-state index in [-0.39, 0.29) is 16.7 Å². The quantitative estimate of drug-likeness (QED) is 0.534. The van der Waals surface area contributed by atoms with Crippen LogP contribution < -0.4 is 5.56 Å². The molecule has 4 aromatic heterocycles. The van der Waals surface area contributed by atoms with Gasteiger partial charge in [-0.1, -0.05) is 6.07 Å². The summed E-state index contributed by atoms with van der Waals surface area (Å²) in [6.07, 6.45) is 7.89. The van der Waals surface area contributed by atoms with E-state index in [1.165, 1.54) is 16.8 Å². The van der Waals surface area contributed by atoms with Crippen LogP contribution >= 0.6 is 0 Å². The van der Waals surface area contributed by atoms with Gasteiger partial charge in [0.25, 0.3) is 5.56 Å². The molecule has 126 valence electrons. The molecule has 0 aromatic carbocycles. The first kappa shape index (κ1) is 15.8. The van der Waals surface area contributed by atoms with Gasteiger partial charge in [0.15, 0.2) is 0 Å². The predicted octanol–water partition coefficient (Wildman–Crippen LogP) is 3.50. The zero-order valence-electron chi connectivity index (χ0n) is 13.6. The Morgan fingerprint density at radius 2 is 1.73 bits per heavy atom. The summed E-state index contributed by atoms with van der Waals surface area (Å²) in [5.74, 6) is -0.694. The van der Waals surface area contributed by atoms with Crippen LogP contribution in [0.15, 0.2) is 84.3 Å². The lowest BCUT2D eigenvalue weighted by molar-refractivity contribution is 0.587. The van der Waals surface area contributed by atoms with E-state index in [0.717, 1.165) is 0 Å². The molecule has 0 spiro atoms. The van der Waals surface area contributed by atoms with E-state index in [1.54, 1.807) is 49.1 Å². The molecule has 0 saturated carbocycles. The normalized spacial score (nSPS) is 10.7. The van der Waals surface area contributed by atoms with Gasteiger partial charge in [0.05, 0.1) is 23.1 Å². The molecule has 4 aromatic rings. The molecule has 0 unspecified atom stereocenters. The van der Waals surface area contributed by atoms with Gasteiger partial charge >= 0.3 is 0 Å². The average molecular weight is 344 g/mol. The van der Waals surface area contributed by atoms with Crippen molar-refractivity contribution in [3.8, 4) is 28.1 Å². The van der Waals surface area contributed by atoms with Crippen LogP contribution in [0.25, 0.3) is 28.1 Å². The van der Waals surface area contributed by atoms with Crippen LogP contribution in [0.4, 0.5) is 4.39 Å². The van der Waals surface area contributed by atoms with Crippen molar-refractivity contribution in [3.05, 3.63) is 95.8 Å². The van der Waals surface area contributed by atoms with Gasteiger partial charge in [0.1, 0.15) is 0 Å². The molecule has 4 rings (SSSR count). The van der Waals surface area contributed by atoms with Crippen LogP contribution in [-0.4, -0.2) is 19.5 Å². The minimum atomic E-state index is -0.694. The van der Waals surface area contributed by atoms with Gasteiger partial charge < -0.3 is 0 Å². The molecular formula is C20H13FN4O. The molecule has 0 atom stereocenters. The van der Waals surface area contributed by atoms with Crippen LogP contribution in [0.3, 0.4) is 0 Å². The summed E-state index contributed by atoms with van der Waals surface area (Å²) in [5, 5.41) is 0. The third kappa shape index (κ3) is 2.88. The van der Waals surface area contributed by atoms with Crippen LogP contribution in [0.5, 0.6) is 0 Å². The molecule has 4 heterocycles. The molecule has 0 saturated heterocycles. The Bertz CT molecular complexity index is 1110. The zero-order chi connectivity index (χ0) is 17.9. The number of hydrogen-bond donors (Lipinski definition) is 0. The Balaban J connectivity index is 2.03. The van der Waals surface area contributed by atoms with E-state index in [2.05, 4.69) is 15.0 Å². The first-order valence-corrected chi connectivity index (χ1v) is 7.93. The monoisotopic (exact) mass is 344 g/mol. The summed E-state index contributed by atoms with van der Waals surface area (Å²) >= 11 is 0. The van der Waals surface area contributed by atoms with Crippen molar-refractivity contribution in [2.24, 2.45) is 0 Å². The van der Waals surface area contributed by atoms with Gasteiger partial charge in [0.2, 0.25) is 5.95 Å². The minimum absolute atomic E-state index is 0.146. The minimum Gasteiger partial charge on any atom is -0.282 e. The number of hydrogen-bond acceptors (Lipinski definition) is 4. The largest absolute Gasteiger partial charge is 0.282 e. The van der Waals surface area contributed by atoms with Gasteiger partial charge in [-0.3, -0.25) is 19.3 Å². The molecule has 0 fully saturated rings. The zero-order valence-corrected chi connectivity index (χ0v) is 13.6. The maximum Gasteiger partial charge on any atom is 0.263 e. The van der Waals surface area contributed by atoms with E-state index in [4.69, 9.17) is 0 Å². The average Bonchev–Trinajstić information content (AvgIpc) is 2.70. The topological polar surface area (TPSA) is 60.7 Å². The van der Waals surface area contributed by atoms with Crippen molar-refractivity contribution < 1.29 is 4.39 Å². The second-order valence-corrected chi connectivity index (χ2v) is 5.59.